The summed E-state index contributed by atoms with van der Waals surface area (Å²) in [5.74, 6) is 0.162. The van der Waals surface area contributed by atoms with E-state index < -0.39 is 6.23 Å². The van der Waals surface area contributed by atoms with Crippen LogP contribution in [0.1, 0.15) is 26.3 Å². The number of rotatable bonds is 4. The molecule has 4 heteroatoms. The fraction of sp³-hybridized carbons (Fsp3) is 0.500. The predicted molar refractivity (Wildman–Crippen MR) is 65.7 cm³/mol. The van der Waals surface area contributed by atoms with E-state index in [2.05, 4.69) is 5.32 Å². The Kier molecular flexibility index (Phi) is 4.19. The van der Waals surface area contributed by atoms with Crippen molar-refractivity contribution in [3.8, 4) is 5.75 Å². The number of phenols is 1. The molecule has 0 bridgehead atoms. The van der Waals surface area contributed by atoms with Gasteiger partial charge in [0, 0.05) is 10.6 Å². The lowest BCUT2D eigenvalue weighted by atomic mass is 9.94. The Morgan fingerprint density at radius 1 is 1.44 bits per heavy atom. The zero-order valence-corrected chi connectivity index (χ0v) is 10.5. The first-order valence-electron chi connectivity index (χ1n) is 5.23. The first kappa shape index (κ1) is 13.3. The molecule has 0 fully saturated rings. The molecule has 1 rings (SSSR count). The topological polar surface area (TPSA) is 52.5 Å². The lowest BCUT2D eigenvalue weighted by Crippen LogP contribution is -2.46. The van der Waals surface area contributed by atoms with Crippen molar-refractivity contribution in [2.75, 3.05) is 0 Å². The van der Waals surface area contributed by atoms with E-state index in [1.54, 1.807) is 19.1 Å². The van der Waals surface area contributed by atoms with E-state index in [4.69, 9.17) is 11.6 Å². The summed E-state index contributed by atoms with van der Waals surface area (Å²) in [5, 5.41) is 22.1. The van der Waals surface area contributed by atoms with Crippen LogP contribution in [0.4, 0.5) is 0 Å². The Bertz CT molecular complexity index is 364. The van der Waals surface area contributed by atoms with Gasteiger partial charge in [0.15, 0.2) is 0 Å². The number of halogens is 1. The maximum absolute atomic E-state index is 9.30. The minimum Gasteiger partial charge on any atom is -0.508 e. The fourth-order valence-electron chi connectivity index (χ4n) is 1.77. The molecule has 1 atom stereocenters. The third-order valence-corrected chi connectivity index (χ3v) is 2.62. The van der Waals surface area contributed by atoms with Crippen molar-refractivity contribution in [1.82, 2.24) is 5.32 Å². The first-order valence-corrected chi connectivity index (χ1v) is 5.61. The molecule has 0 radical (unpaired) electrons. The Labute approximate surface area is 101 Å². The van der Waals surface area contributed by atoms with Gasteiger partial charge in [-0.25, -0.2) is 0 Å². The number of hydrogen-bond acceptors (Lipinski definition) is 3. The number of phenolic OH excluding ortho intramolecular Hbond substituents is 1. The van der Waals surface area contributed by atoms with Crippen LogP contribution >= 0.6 is 11.6 Å². The third-order valence-electron chi connectivity index (χ3n) is 2.27. The summed E-state index contributed by atoms with van der Waals surface area (Å²) in [6.07, 6.45) is 0.114. The van der Waals surface area contributed by atoms with Crippen LogP contribution in [0.25, 0.3) is 0 Å². The van der Waals surface area contributed by atoms with Crippen molar-refractivity contribution < 1.29 is 10.2 Å². The molecule has 0 aliphatic rings. The molecule has 0 aromatic heterocycles. The van der Waals surface area contributed by atoms with Crippen LogP contribution in [0.2, 0.25) is 5.02 Å². The lowest BCUT2D eigenvalue weighted by Gasteiger charge is -2.28. The van der Waals surface area contributed by atoms with Crippen LogP contribution in [0.15, 0.2) is 18.2 Å². The van der Waals surface area contributed by atoms with Crippen molar-refractivity contribution in [2.45, 2.75) is 39.0 Å². The molecular weight excluding hydrogens is 226 g/mol. The molecule has 0 aliphatic heterocycles. The standard InChI is InChI=1S/C12H18ClNO2/c1-8(15)14-12(2,3)7-9-4-5-10(16)6-11(9)13/h4-6,8,14-16H,7H2,1-3H3. The van der Waals surface area contributed by atoms with Crippen LogP contribution in [0, 0.1) is 0 Å². The second-order valence-corrected chi connectivity index (χ2v) is 5.06. The quantitative estimate of drug-likeness (QED) is 0.712. The van der Waals surface area contributed by atoms with Gasteiger partial charge < -0.3 is 10.2 Å². The summed E-state index contributed by atoms with van der Waals surface area (Å²) in [6, 6.07) is 4.93. The van der Waals surface area contributed by atoms with Gasteiger partial charge in [0.25, 0.3) is 0 Å². The minimum absolute atomic E-state index is 0.162. The van der Waals surface area contributed by atoms with E-state index in [1.807, 2.05) is 13.8 Å². The highest BCUT2D eigenvalue weighted by molar-refractivity contribution is 6.31. The van der Waals surface area contributed by atoms with E-state index in [0.29, 0.717) is 11.4 Å². The summed E-state index contributed by atoms with van der Waals surface area (Å²) in [7, 11) is 0. The molecule has 16 heavy (non-hydrogen) atoms. The zero-order valence-electron chi connectivity index (χ0n) is 9.79. The molecule has 0 amide bonds. The lowest BCUT2D eigenvalue weighted by molar-refractivity contribution is 0.118. The summed E-state index contributed by atoms with van der Waals surface area (Å²) >= 11 is 6.02. The van der Waals surface area contributed by atoms with E-state index in [9.17, 15) is 10.2 Å². The number of hydrogen-bond donors (Lipinski definition) is 3. The number of aliphatic hydroxyl groups excluding tert-OH is 1. The van der Waals surface area contributed by atoms with Crippen LogP contribution in [-0.2, 0) is 6.42 Å². The molecule has 1 aromatic rings. The summed E-state index contributed by atoms with van der Waals surface area (Å²) in [6.45, 7) is 5.66. The zero-order chi connectivity index (χ0) is 12.3. The third kappa shape index (κ3) is 4.00. The van der Waals surface area contributed by atoms with Gasteiger partial charge in [-0.3, -0.25) is 5.32 Å². The Balaban J connectivity index is 2.79. The van der Waals surface area contributed by atoms with Crippen molar-refractivity contribution in [3.63, 3.8) is 0 Å². The molecule has 3 N–H and O–H groups in total. The highest BCUT2D eigenvalue weighted by Crippen LogP contribution is 2.25. The number of aromatic hydroxyl groups is 1. The van der Waals surface area contributed by atoms with Crippen LogP contribution in [-0.4, -0.2) is 22.0 Å². The maximum Gasteiger partial charge on any atom is 0.117 e. The molecule has 3 nitrogen and oxygen atoms in total. The van der Waals surface area contributed by atoms with Gasteiger partial charge in [-0.1, -0.05) is 17.7 Å². The second-order valence-electron chi connectivity index (χ2n) is 4.66. The van der Waals surface area contributed by atoms with Crippen LogP contribution in [0.5, 0.6) is 5.75 Å². The van der Waals surface area contributed by atoms with Crippen molar-refractivity contribution >= 4 is 11.6 Å². The molecule has 0 saturated carbocycles. The smallest absolute Gasteiger partial charge is 0.117 e. The highest BCUT2D eigenvalue weighted by atomic mass is 35.5. The SMILES string of the molecule is CC(O)NC(C)(C)Cc1ccc(O)cc1Cl. The van der Waals surface area contributed by atoms with Crippen molar-refractivity contribution in [2.24, 2.45) is 0 Å². The van der Waals surface area contributed by atoms with Gasteiger partial charge in [0.1, 0.15) is 12.0 Å². The average Bonchev–Trinajstić information content (AvgIpc) is 2.07. The fourth-order valence-corrected chi connectivity index (χ4v) is 2.01. The summed E-state index contributed by atoms with van der Waals surface area (Å²) < 4.78 is 0. The number of nitrogens with one attached hydrogen (secondary N) is 1. The largest absolute Gasteiger partial charge is 0.508 e. The maximum atomic E-state index is 9.30. The molecule has 0 heterocycles. The Morgan fingerprint density at radius 3 is 2.56 bits per heavy atom. The predicted octanol–water partition coefficient (Wildman–Crippen LogP) is 2.29. The molecule has 90 valence electrons. The second kappa shape index (κ2) is 5.04. The van der Waals surface area contributed by atoms with Gasteiger partial charge in [-0.2, -0.15) is 0 Å². The minimum atomic E-state index is -0.564. The Hall–Kier alpha value is -0.770. The highest BCUT2D eigenvalue weighted by Gasteiger charge is 2.20. The van der Waals surface area contributed by atoms with Crippen molar-refractivity contribution in [1.29, 1.82) is 0 Å². The summed E-state index contributed by atoms with van der Waals surface area (Å²) in [5.41, 5.74) is 0.687. The van der Waals surface area contributed by atoms with E-state index in [-0.39, 0.29) is 11.3 Å². The van der Waals surface area contributed by atoms with Gasteiger partial charge in [0.2, 0.25) is 0 Å². The molecule has 1 aromatic carbocycles. The van der Waals surface area contributed by atoms with Gasteiger partial charge in [0.05, 0.1) is 0 Å². The molecule has 1 unspecified atom stereocenters. The van der Waals surface area contributed by atoms with Gasteiger partial charge in [-0.15, -0.1) is 0 Å². The van der Waals surface area contributed by atoms with Crippen LogP contribution in [0.3, 0.4) is 0 Å². The monoisotopic (exact) mass is 243 g/mol. The molecule has 0 spiro atoms. The first-order chi connectivity index (χ1) is 7.30. The van der Waals surface area contributed by atoms with Crippen LogP contribution < -0.4 is 5.32 Å². The molecular formula is C12H18ClNO2. The van der Waals surface area contributed by atoms with E-state index in [0.717, 1.165) is 5.56 Å². The van der Waals surface area contributed by atoms with Gasteiger partial charge in [-0.05, 0) is 44.9 Å². The van der Waals surface area contributed by atoms with Crippen molar-refractivity contribution in [3.05, 3.63) is 28.8 Å². The Morgan fingerprint density at radius 2 is 2.06 bits per heavy atom. The number of benzene rings is 1. The molecule has 0 saturated heterocycles. The normalized spacial score (nSPS) is 13.8. The van der Waals surface area contributed by atoms with E-state index >= 15 is 0 Å². The number of aliphatic hydroxyl groups is 1. The average molecular weight is 244 g/mol. The van der Waals surface area contributed by atoms with Gasteiger partial charge >= 0.3 is 0 Å². The summed E-state index contributed by atoms with van der Waals surface area (Å²) in [4.78, 5) is 0. The molecule has 0 aliphatic carbocycles. The van der Waals surface area contributed by atoms with E-state index in [1.165, 1.54) is 6.07 Å².